The monoisotopic (exact) mass is 407 g/mol. The van der Waals surface area contributed by atoms with E-state index in [0.29, 0.717) is 12.5 Å². The van der Waals surface area contributed by atoms with Gasteiger partial charge in [0.15, 0.2) is 0 Å². The number of rotatable bonds is 4. The maximum atomic E-state index is 12.4. The molecule has 0 radical (unpaired) electrons. The second kappa shape index (κ2) is 9.22. The Morgan fingerprint density at radius 1 is 1.03 bits per heavy atom. The van der Waals surface area contributed by atoms with E-state index in [2.05, 4.69) is 99.2 Å². The highest BCUT2D eigenvalue weighted by molar-refractivity contribution is 5.93. The molecule has 1 N–H and O–H groups in total. The molecule has 0 aromatic heterocycles. The van der Waals surface area contributed by atoms with Crippen LogP contribution in [0.5, 0.6) is 0 Å². The summed E-state index contributed by atoms with van der Waals surface area (Å²) in [6, 6.07) is 15.7. The van der Waals surface area contributed by atoms with Crippen LogP contribution < -0.4 is 10.2 Å². The number of aryl methyl sites for hydroxylation is 2. The molecule has 1 unspecified atom stereocenters. The Balaban J connectivity index is 1.74. The summed E-state index contributed by atoms with van der Waals surface area (Å²) in [6.07, 6.45) is 1.62. The Labute approximate surface area is 182 Å². The first-order chi connectivity index (χ1) is 14.1. The van der Waals surface area contributed by atoms with Crippen LogP contribution in [0.25, 0.3) is 0 Å². The molecule has 4 nitrogen and oxygen atoms in total. The van der Waals surface area contributed by atoms with Crippen LogP contribution in [0.1, 0.15) is 56.3 Å². The van der Waals surface area contributed by atoms with Gasteiger partial charge >= 0.3 is 0 Å². The van der Waals surface area contributed by atoms with E-state index in [-0.39, 0.29) is 11.3 Å². The van der Waals surface area contributed by atoms with Gasteiger partial charge in [0.1, 0.15) is 0 Å². The van der Waals surface area contributed by atoms with Crippen molar-refractivity contribution >= 4 is 17.3 Å². The number of nitrogens with zero attached hydrogens (tertiary/aromatic N) is 2. The van der Waals surface area contributed by atoms with Gasteiger partial charge < -0.3 is 10.2 Å². The summed E-state index contributed by atoms with van der Waals surface area (Å²) in [7, 11) is 2.23. The average molecular weight is 408 g/mol. The number of anilines is 2. The molecule has 0 bridgehead atoms. The third kappa shape index (κ3) is 5.63. The highest BCUT2D eigenvalue weighted by Crippen LogP contribution is 2.31. The summed E-state index contributed by atoms with van der Waals surface area (Å²) in [5.41, 5.74) is 5.85. The van der Waals surface area contributed by atoms with Crippen molar-refractivity contribution in [2.24, 2.45) is 5.41 Å². The summed E-state index contributed by atoms with van der Waals surface area (Å²) in [4.78, 5) is 17.4. The summed E-state index contributed by atoms with van der Waals surface area (Å²) in [5, 5.41) is 3.15. The maximum Gasteiger partial charge on any atom is 0.224 e. The molecule has 30 heavy (non-hydrogen) atoms. The molecule has 1 aliphatic rings. The smallest absolute Gasteiger partial charge is 0.224 e. The van der Waals surface area contributed by atoms with Gasteiger partial charge in [0, 0.05) is 43.5 Å². The van der Waals surface area contributed by atoms with Crippen LogP contribution >= 0.6 is 0 Å². The van der Waals surface area contributed by atoms with Crippen LogP contribution in [-0.2, 0) is 4.79 Å². The lowest BCUT2D eigenvalue weighted by Crippen LogP contribution is -2.29. The minimum absolute atomic E-state index is 0.0147. The summed E-state index contributed by atoms with van der Waals surface area (Å²) in [5.74, 6) is 0.0866. The Kier molecular flexibility index (Phi) is 6.87. The summed E-state index contributed by atoms with van der Waals surface area (Å²) in [6.45, 7) is 13.5. The number of carbonyl (C=O) groups is 1. The zero-order chi connectivity index (χ0) is 21.9. The standard InChI is InChI=1S/C26H37N3O/c1-19-16-22(17-20(2)25(19)27-24(30)18-26(3,4)5)29-13-12-23(28(6)14-15-29)21-10-8-7-9-11-21/h7-11,16-17,23H,12-15,18H2,1-6H3,(H,27,30). The van der Waals surface area contributed by atoms with Gasteiger partial charge in [0.25, 0.3) is 0 Å². The van der Waals surface area contributed by atoms with Crippen molar-refractivity contribution in [3.05, 3.63) is 59.2 Å². The topological polar surface area (TPSA) is 35.6 Å². The lowest BCUT2D eigenvalue weighted by atomic mass is 9.92. The summed E-state index contributed by atoms with van der Waals surface area (Å²) < 4.78 is 0. The predicted octanol–water partition coefficient (Wildman–Crippen LogP) is 5.56. The van der Waals surface area contributed by atoms with Gasteiger partial charge in [-0.3, -0.25) is 9.69 Å². The maximum absolute atomic E-state index is 12.4. The minimum Gasteiger partial charge on any atom is -0.370 e. The third-order valence-electron chi connectivity index (χ3n) is 5.95. The first-order valence-corrected chi connectivity index (χ1v) is 11.1. The molecule has 0 saturated carbocycles. The fourth-order valence-corrected chi connectivity index (χ4v) is 4.38. The Morgan fingerprint density at radius 3 is 2.27 bits per heavy atom. The third-order valence-corrected chi connectivity index (χ3v) is 5.95. The molecular weight excluding hydrogens is 370 g/mol. The van der Waals surface area contributed by atoms with Crippen molar-refractivity contribution in [2.75, 3.05) is 36.9 Å². The SMILES string of the molecule is Cc1cc(N2CCC(c3ccccc3)N(C)CC2)cc(C)c1NC(=O)CC(C)(C)C. The van der Waals surface area contributed by atoms with Crippen LogP contribution in [0, 0.1) is 19.3 Å². The van der Waals surface area contributed by atoms with Gasteiger partial charge in [-0.15, -0.1) is 0 Å². The Morgan fingerprint density at radius 2 is 1.67 bits per heavy atom. The van der Waals surface area contributed by atoms with Crippen LogP contribution in [0.15, 0.2) is 42.5 Å². The molecule has 2 aromatic carbocycles. The van der Waals surface area contributed by atoms with E-state index in [0.717, 1.165) is 42.9 Å². The van der Waals surface area contributed by atoms with Gasteiger partial charge in [-0.2, -0.15) is 0 Å². The molecule has 0 spiro atoms. The van der Waals surface area contributed by atoms with Crippen LogP contribution in [0.2, 0.25) is 0 Å². The Bertz CT molecular complexity index is 847. The van der Waals surface area contributed by atoms with Crippen molar-refractivity contribution in [1.82, 2.24) is 4.90 Å². The molecule has 1 saturated heterocycles. The van der Waals surface area contributed by atoms with Gasteiger partial charge in [0.2, 0.25) is 5.91 Å². The number of likely N-dealkylation sites (N-methyl/N-ethyl adjacent to an activating group) is 1. The van der Waals surface area contributed by atoms with Crippen LogP contribution in [-0.4, -0.2) is 37.5 Å². The lowest BCUT2D eigenvalue weighted by Gasteiger charge is -2.25. The minimum atomic E-state index is -0.0147. The fourth-order valence-electron chi connectivity index (χ4n) is 4.38. The van der Waals surface area contributed by atoms with Crippen molar-refractivity contribution in [2.45, 2.75) is 53.5 Å². The summed E-state index contributed by atoms with van der Waals surface area (Å²) >= 11 is 0. The highest BCUT2D eigenvalue weighted by Gasteiger charge is 2.24. The van der Waals surface area contributed by atoms with E-state index in [9.17, 15) is 4.79 Å². The second-order valence-electron chi connectivity index (χ2n) is 9.92. The molecule has 0 aliphatic carbocycles. The van der Waals surface area contributed by atoms with E-state index in [1.165, 1.54) is 11.3 Å². The molecule has 4 heteroatoms. The molecule has 1 amide bonds. The zero-order valence-electron chi connectivity index (χ0n) is 19.5. The number of carbonyl (C=O) groups excluding carboxylic acids is 1. The number of hydrogen-bond acceptors (Lipinski definition) is 3. The molecule has 3 rings (SSSR count). The van der Waals surface area contributed by atoms with Gasteiger partial charge in [0.05, 0.1) is 0 Å². The molecular formula is C26H37N3O. The van der Waals surface area contributed by atoms with E-state index in [4.69, 9.17) is 0 Å². The van der Waals surface area contributed by atoms with Gasteiger partial charge in [-0.25, -0.2) is 0 Å². The molecule has 1 aliphatic heterocycles. The largest absolute Gasteiger partial charge is 0.370 e. The van der Waals surface area contributed by atoms with E-state index < -0.39 is 0 Å². The van der Waals surface area contributed by atoms with Crippen molar-refractivity contribution in [3.8, 4) is 0 Å². The molecule has 1 fully saturated rings. The molecule has 1 heterocycles. The van der Waals surface area contributed by atoms with Gasteiger partial charge in [-0.1, -0.05) is 51.1 Å². The zero-order valence-corrected chi connectivity index (χ0v) is 19.5. The fraction of sp³-hybridized carbons (Fsp3) is 0.500. The molecule has 162 valence electrons. The Hall–Kier alpha value is -2.33. The molecule has 2 aromatic rings. The number of amides is 1. The van der Waals surface area contributed by atoms with E-state index in [1.54, 1.807) is 0 Å². The van der Waals surface area contributed by atoms with Crippen LogP contribution in [0.3, 0.4) is 0 Å². The normalized spacial score (nSPS) is 18.2. The van der Waals surface area contributed by atoms with E-state index >= 15 is 0 Å². The van der Waals surface area contributed by atoms with E-state index in [1.807, 2.05) is 0 Å². The number of hydrogen-bond donors (Lipinski definition) is 1. The molecule has 1 atom stereocenters. The second-order valence-corrected chi connectivity index (χ2v) is 9.92. The first-order valence-electron chi connectivity index (χ1n) is 11.1. The predicted molar refractivity (Wildman–Crippen MR) is 127 cm³/mol. The quantitative estimate of drug-likeness (QED) is 0.720. The van der Waals surface area contributed by atoms with Crippen molar-refractivity contribution in [1.29, 1.82) is 0 Å². The highest BCUT2D eigenvalue weighted by atomic mass is 16.1. The van der Waals surface area contributed by atoms with Gasteiger partial charge in [-0.05, 0) is 61.6 Å². The number of benzene rings is 2. The lowest BCUT2D eigenvalue weighted by molar-refractivity contribution is -0.117. The van der Waals surface area contributed by atoms with Crippen LogP contribution in [0.4, 0.5) is 11.4 Å². The first kappa shape index (κ1) is 22.4. The van der Waals surface area contributed by atoms with Crippen molar-refractivity contribution in [3.63, 3.8) is 0 Å². The average Bonchev–Trinajstić information content (AvgIpc) is 2.85. The number of nitrogens with one attached hydrogen (secondary N) is 1. The van der Waals surface area contributed by atoms with Crippen molar-refractivity contribution < 1.29 is 4.79 Å².